The van der Waals surface area contributed by atoms with Crippen molar-refractivity contribution in [2.45, 2.75) is 51.2 Å². The van der Waals surface area contributed by atoms with Crippen LogP contribution in [-0.2, 0) is 29.7 Å². The molecule has 0 radical (unpaired) electrons. The number of nitrogens with zero attached hydrogens (tertiary/aromatic N) is 2. The molecule has 1 amide bonds. The fourth-order valence-corrected chi connectivity index (χ4v) is 6.34. The van der Waals surface area contributed by atoms with Crippen molar-refractivity contribution in [1.29, 1.82) is 0 Å². The minimum absolute atomic E-state index is 0.000925. The molecule has 1 fully saturated rings. The van der Waals surface area contributed by atoms with Crippen molar-refractivity contribution in [2.24, 2.45) is 0 Å². The highest BCUT2D eigenvalue weighted by Gasteiger charge is 2.26. The molecule has 0 aliphatic carbocycles. The monoisotopic (exact) mass is 525 g/mol. The zero-order chi connectivity index (χ0) is 26.6. The number of carbonyl (C=O) groups is 1. The van der Waals surface area contributed by atoms with Crippen molar-refractivity contribution in [3.05, 3.63) is 82.3 Å². The number of nitrogens with one attached hydrogen (secondary N) is 1. The third kappa shape index (κ3) is 6.41. The van der Waals surface area contributed by atoms with Crippen LogP contribution in [0.15, 0.2) is 58.0 Å². The van der Waals surface area contributed by atoms with Crippen molar-refractivity contribution in [2.75, 3.05) is 27.2 Å². The molecule has 4 rings (SSSR count). The highest BCUT2D eigenvalue weighted by Crippen LogP contribution is 2.28. The Morgan fingerprint density at radius 2 is 1.76 bits per heavy atom. The van der Waals surface area contributed by atoms with Gasteiger partial charge >= 0.3 is 0 Å². The maximum Gasteiger partial charge on any atom is 0.254 e. The number of sulfonamides is 1. The minimum atomic E-state index is -3.78. The highest BCUT2D eigenvalue weighted by molar-refractivity contribution is 7.89. The van der Waals surface area contributed by atoms with Gasteiger partial charge in [0, 0.05) is 20.1 Å². The van der Waals surface area contributed by atoms with Gasteiger partial charge in [0.05, 0.1) is 24.1 Å². The largest absolute Gasteiger partial charge is 0.497 e. The van der Waals surface area contributed by atoms with Crippen molar-refractivity contribution < 1.29 is 22.4 Å². The standard InChI is InChI=1S/C28H35N3O5S/c1-20-12-25(35-4)13-21(2)27(20)37(33,34)30(3)18-26-15-24(19-36-26)28(32)29-16-22-8-7-9-23(14-22)17-31-10-5-6-11-31/h7-9,12-15,19H,5-6,10-11,16-18H2,1-4H3,(H,29,32). The van der Waals surface area contributed by atoms with Crippen LogP contribution in [0.2, 0.25) is 0 Å². The number of carbonyl (C=O) groups excluding carboxylic acids is 1. The summed E-state index contributed by atoms with van der Waals surface area (Å²) in [6, 6.07) is 13.2. The number of furan rings is 1. The van der Waals surface area contributed by atoms with Gasteiger partial charge in [-0.25, -0.2) is 8.42 Å². The highest BCUT2D eigenvalue weighted by atomic mass is 32.2. The summed E-state index contributed by atoms with van der Waals surface area (Å²) in [6.45, 7) is 7.09. The van der Waals surface area contributed by atoms with Crippen molar-refractivity contribution >= 4 is 15.9 Å². The first-order chi connectivity index (χ1) is 17.7. The number of hydrogen-bond donors (Lipinski definition) is 1. The lowest BCUT2D eigenvalue weighted by Crippen LogP contribution is -2.27. The molecule has 1 N–H and O–H groups in total. The summed E-state index contributed by atoms with van der Waals surface area (Å²) in [6.07, 6.45) is 3.87. The molecule has 1 aliphatic heterocycles. The van der Waals surface area contributed by atoms with Crippen LogP contribution in [-0.4, -0.2) is 50.8 Å². The summed E-state index contributed by atoms with van der Waals surface area (Å²) in [4.78, 5) is 15.4. The SMILES string of the molecule is COc1cc(C)c(S(=O)(=O)N(C)Cc2cc(C(=O)NCc3cccc(CN4CCCC4)c3)co2)c(C)c1. The predicted octanol–water partition coefficient (Wildman–Crippen LogP) is 4.25. The molecule has 0 unspecified atom stereocenters. The molecular weight excluding hydrogens is 490 g/mol. The van der Waals surface area contributed by atoms with Crippen LogP contribution in [0.1, 0.15) is 51.2 Å². The molecule has 3 aromatic rings. The number of amides is 1. The number of benzene rings is 2. The van der Waals surface area contributed by atoms with Crippen LogP contribution in [0.4, 0.5) is 0 Å². The van der Waals surface area contributed by atoms with E-state index in [4.69, 9.17) is 9.15 Å². The summed E-state index contributed by atoms with van der Waals surface area (Å²) in [7, 11) is -0.737. The molecule has 0 saturated carbocycles. The van der Waals surface area contributed by atoms with Crippen LogP contribution in [0.3, 0.4) is 0 Å². The summed E-state index contributed by atoms with van der Waals surface area (Å²) in [5, 5.41) is 2.93. The van der Waals surface area contributed by atoms with E-state index in [-0.39, 0.29) is 17.3 Å². The molecule has 9 heteroatoms. The molecule has 1 saturated heterocycles. The zero-order valence-corrected chi connectivity index (χ0v) is 22.7. The molecule has 0 spiro atoms. The van der Waals surface area contributed by atoms with E-state index in [1.165, 1.54) is 36.0 Å². The number of methoxy groups -OCH3 is 1. The van der Waals surface area contributed by atoms with E-state index in [0.717, 1.165) is 25.2 Å². The molecule has 8 nitrogen and oxygen atoms in total. The molecule has 37 heavy (non-hydrogen) atoms. The lowest BCUT2D eigenvalue weighted by molar-refractivity contribution is 0.0950. The minimum Gasteiger partial charge on any atom is -0.497 e. The molecule has 198 valence electrons. The maximum atomic E-state index is 13.3. The van der Waals surface area contributed by atoms with Crippen LogP contribution < -0.4 is 10.1 Å². The van der Waals surface area contributed by atoms with E-state index in [0.29, 0.717) is 34.7 Å². The summed E-state index contributed by atoms with van der Waals surface area (Å²) in [5.74, 6) is 0.719. The topological polar surface area (TPSA) is 92.1 Å². The summed E-state index contributed by atoms with van der Waals surface area (Å²) >= 11 is 0. The predicted molar refractivity (Wildman–Crippen MR) is 142 cm³/mol. The number of hydrogen-bond acceptors (Lipinski definition) is 6. The Hall–Kier alpha value is -3.14. The number of rotatable bonds is 10. The summed E-state index contributed by atoms with van der Waals surface area (Å²) in [5.41, 5.74) is 3.84. The lowest BCUT2D eigenvalue weighted by atomic mass is 10.1. The van der Waals surface area contributed by atoms with Crippen LogP contribution in [0.25, 0.3) is 0 Å². The quantitative estimate of drug-likeness (QED) is 0.426. The Balaban J connectivity index is 1.37. The van der Waals surface area contributed by atoms with Gasteiger partial charge in [0.25, 0.3) is 5.91 Å². The Bertz CT molecular complexity index is 1340. The number of likely N-dealkylation sites (tertiary alicyclic amines) is 1. The first-order valence-corrected chi connectivity index (χ1v) is 13.9. The number of ether oxygens (including phenoxy) is 1. The molecule has 2 aromatic carbocycles. The molecule has 0 atom stereocenters. The molecule has 1 aliphatic rings. The molecule has 1 aromatic heterocycles. The first kappa shape index (κ1) is 26.9. The van der Waals surface area contributed by atoms with Crippen molar-refractivity contribution in [3.63, 3.8) is 0 Å². The molecular formula is C28H35N3O5S. The van der Waals surface area contributed by atoms with Crippen LogP contribution in [0, 0.1) is 13.8 Å². The number of aryl methyl sites for hydroxylation is 2. The van der Waals surface area contributed by atoms with Crippen molar-refractivity contribution in [1.82, 2.24) is 14.5 Å². The van der Waals surface area contributed by atoms with E-state index in [1.807, 2.05) is 12.1 Å². The molecule has 2 heterocycles. The van der Waals surface area contributed by atoms with Gasteiger partial charge in [-0.1, -0.05) is 24.3 Å². The normalized spacial score (nSPS) is 14.3. The Morgan fingerprint density at radius 3 is 2.43 bits per heavy atom. The van der Waals surface area contributed by atoms with Gasteiger partial charge in [-0.05, 0) is 80.2 Å². The Labute approximate surface area is 219 Å². The Kier molecular flexibility index (Phi) is 8.36. The average Bonchev–Trinajstić information content (AvgIpc) is 3.54. The van der Waals surface area contributed by atoms with E-state index < -0.39 is 10.0 Å². The Morgan fingerprint density at radius 1 is 1.08 bits per heavy atom. The summed E-state index contributed by atoms with van der Waals surface area (Å²) < 4.78 is 38.6. The van der Waals surface area contributed by atoms with E-state index in [2.05, 4.69) is 22.3 Å². The van der Waals surface area contributed by atoms with E-state index in [1.54, 1.807) is 39.2 Å². The average molecular weight is 526 g/mol. The zero-order valence-electron chi connectivity index (χ0n) is 21.9. The van der Waals surface area contributed by atoms with Gasteiger partial charge in [0.1, 0.15) is 17.8 Å². The second-order valence-electron chi connectivity index (χ2n) is 9.64. The van der Waals surface area contributed by atoms with Gasteiger partial charge in [0.15, 0.2) is 0 Å². The third-order valence-corrected chi connectivity index (χ3v) is 8.79. The van der Waals surface area contributed by atoms with Crippen LogP contribution in [0.5, 0.6) is 5.75 Å². The smallest absolute Gasteiger partial charge is 0.254 e. The lowest BCUT2D eigenvalue weighted by Gasteiger charge is -2.19. The fraction of sp³-hybridized carbons (Fsp3) is 0.393. The molecule has 0 bridgehead atoms. The second-order valence-corrected chi connectivity index (χ2v) is 11.6. The fourth-order valence-electron chi connectivity index (χ4n) is 4.80. The second kappa shape index (κ2) is 11.5. The van der Waals surface area contributed by atoms with Crippen molar-refractivity contribution in [3.8, 4) is 5.75 Å². The van der Waals surface area contributed by atoms with E-state index >= 15 is 0 Å². The van der Waals surface area contributed by atoms with Gasteiger partial charge in [0.2, 0.25) is 10.0 Å². The van der Waals surface area contributed by atoms with Gasteiger partial charge < -0.3 is 14.5 Å². The van der Waals surface area contributed by atoms with E-state index in [9.17, 15) is 13.2 Å². The van der Waals surface area contributed by atoms with Gasteiger partial charge in [-0.15, -0.1) is 0 Å². The first-order valence-electron chi connectivity index (χ1n) is 12.4. The van der Waals surface area contributed by atoms with Gasteiger partial charge in [-0.3, -0.25) is 9.69 Å². The third-order valence-electron chi connectivity index (χ3n) is 6.68. The van der Waals surface area contributed by atoms with Crippen LogP contribution >= 0.6 is 0 Å². The maximum absolute atomic E-state index is 13.3. The van der Waals surface area contributed by atoms with Gasteiger partial charge in [-0.2, -0.15) is 4.31 Å².